The summed E-state index contributed by atoms with van der Waals surface area (Å²) in [5.41, 5.74) is 10.7. The van der Waals surface area contributed by atoms with Gasteiger partial charge in [0.15, 0.2) is 0 Å². The second-order valence-electron chi connectivity index (χ2n) is 5.92. The first-order chi connectivity index (χ1) is 13.1. The number of nitrogens with two attached hydrogens (primary N) is 1. The highest BCUT2D eigenvalue weighted by atomic mass is 35.5. The lowest BCUT2D eigenvalue weighted by Gasteiger charge is -2.11. The van der Waals surface area contributed by atoms with Crippen LogP contribution in [0.5, 0.6) is 5.75 Å². The predicted molar refractivity (Wildman–Crippen MR) is 110 cm³/mol. The number of benzene rings is 2. The van der Waals surface area contributed by atoms with Gasteiger partial charge in [0.05, 0.1) is 29.9 Å². The normalized spacial score (nSPS) is 10.8. The summed E-state index contributed by atoms with van der Waals surface area (Å²) in [7, 11) is 1.65. The van der Waals surface area contributed by atoms with Gasteiger partial charge in [0.2, 0.25) is 0 Å². The summed E-state index contributed by atoms with van der Waals surface area (Å²) >= 11 is 5.51. The van der Waals surface area contributed by atoms with E-state index < -0.39 is 6.09 Å². The highest BCUT2D eigenvalue weighted by Crippen LogP contribution is 2.37. The second-order valence-corrected chi connectivity index (χ2v) is 6.29. The van der Waals surface area contributed by atoms with Gasteiger partial charge in [-0.25, -0.2) is 4.79 Å². The van der Waals surface area contributed by atoms with Crippen LogP contribution >= 0.6 is 11.6 Å². The Morgan fingerprint density at radius 3 is 2.59 bits per heavy atom. The van der Waals surface area contributed by atoms with Crippen molar-refractivity contribution >= 4 is 40.0 Å². The van der Waals surface area contributed by atoms with Crippen LogP contribution in [0, 0.1) is 0 Å². The largest absolute Gasteiger partial charge is 0.497 e. The maximum Gasteiger partial charge on any atom is 0.411 e. The first-order valence-corrected chi connectivity index (χ1v) is 9.18. The summed E-state index contributed by atoms with van der Waals surface area (Å²) in [6.07, 6.45) is -0.530. The van der Waals surface area contributed by atoms with Gasteiger partial charge in [-0.2, -0.15) is 0 Å². The molecule has 1 aromatic heterocycles. The molecule has 0 aliphatic rings. The fraction of sp³-hybridized carbons (Fsp3) is 0.250. The van der Waals surface area contributed by atoms with Crippen LogP contribution in [0.2, 0.25) is 0 Å². The quantitative estimate of drug-likeness (QED) is 0.600. The lowest BCUT2D eigenvalue weighted by atomic mass is 10.1. The number of nitrogens with one attached hydrogen (secondary N) is 1. The van der Waals surface area contributed by atoms with Crippen LogP contribution in [0.25, 0.3) is 22.2 Å². The molecule has 1 amide bonds. The van der Waals surface area contributed by atoms with E-state index in [1.54, 1.807) is 7.11 Å². The number of aryl methyl sites for hydroxylation is 1. The topological polar surface area (TPSA) is 78.5 Å². The SMILES string of the molecule is CCn1c(-c2ccc(NC(=O)OCCCl)cc2)c(N)c2ccc(OC)cc21. The summed E-state index contributed by atoms with van der Waals surface area (Å²) in [5.74, 6) is 1.05. The molecule has 27 heavy (non-hydrogen) atoms. The Morgan fingerprint density at radius 1 is 1.22 bits per heavy atom. The highest BCUT2D eigenvalue weighted by molar-refractivity contribution is 6.18. The standard InChI is InChI=1S/C20H22ClN3O3/c1-3-24-17-12-15(26-2)8-9-16(17)18(22)19(24)13-4-6-14(7-5-13)23-20(25)27-11-10-21/h4-9,12H,3,10-11,22H2,1-2H3,(H,23,25). The molecule has 0 saturated heterocycles. The van der Waals surface area contributed by atoms with Crippen molar-refractivity contribution in [3.05, 3.63) is 42.5 Å². The Bertz CT molecular complexity index is 951. The number of nitrogen functional groups attached to an aromatic ring is 1. The van der Waals surface area contributed by atoms with Crippen molar-refractivity contribution in [1.82, 2.24) is 4.57 Å². The number of aromatic nitrogens is 1. The molecule has 0 spiro atoms. The molecule has 7 heteroatoms. The van der Waals surface area contributed by atoms with Crippen molar-refractivity contribution in [2.75, 3.05) is 30.6 Å². The fourth-order valence-corrected chi connectivity index (χ4v) is 3.20. The molecule has 0 fully saturated rings. The van der Waals surface area contributed by atoms with Gasteiger partial charge in [-0.3, -0.25) is 5.32 Å². The number of hydrogen-bond acceptors (Lipinski definition) is 4. The number of anilines is 2. The van der Waals surface area contributed by atoms with Gasteiger partial charge in [-0.1, -0.05) is 12.1 Å². The number of carbonyl (C=O) groups is 1. The zero-order chi connectivity index (χ0) is 19.4. The molecule has 142 valence electrons. The number of fused-ring (bicyclic) bond motifs is 1. The molecule has 6 nitrogen and oxygen atoms in total. The lowest BCUT2D eigenvalue weighted by molar-refractivity contribution is 0.168. The zero-order valence-corrected chi connectivity index (χ0v) is 16.0. The van der Waals surface area contributed by atoms with E-state index in [-0.39, 0.29) is 12.5 Å². The predicted octanol–water partition coefficient (Wildman–Crippen LogP) is 4.71. The van der Waals surface area contributed by atoms with Crippen LogP contribution in [0.4, 0.5) is 16.2 Å². The van der Waals surface area contributed by atoms with E-state index in [9.17, 15) is 4.79 Å². The molecular weight excluding hydrogens is 366 g/mol. The van der Waals surface area contributed by atoms with Gasteiger partial charge >= 0.3 is 6.09 Å². The van der Waals surface area contributed by atoms with Crippen molar-refractivity contribution < 1.29 is 14.3 Å². The maximum absolute atomic E-state index is 11.6. The average Bonchev–Trinajstić information content (AvgIpc) is 2.98. The molecule has 0 radical (unpaired) electrons. The summed E-state index contributed by atoms with van der Waals surface area (Å²) in [6, 6.07) is 13.3. The number of amides is 1. The number of halogens is 1. The minimum atomic E-state index is -0.530. The van der Waals surface area contributed by atoms with E-state index in [4.69, 9.17) is 26.8 Å². The van der Waals surface area contributed by atoms with Crippen LogP contribution in [0.1, 0.15) is 6.92 Å². The molecule has 2 aromatic carbocycles. The van der Waals surface area contributed by atoms with Gasteiger partial charge in [-0.15, -0.1) is 11.6 Å². The van der Waals surface area contributed by atoms with E-state index in [1.807, 2.05) is 42.5 Å². The van der Waals surface area contributed by atoms with Crippen LogP contribution in [0.3, 0.4) is 0 Å². The third-order valence-electron chi connectivity index (χ3n) is 4.34. The third-order valence-corrected chi connectivity index (χ3v) is 4.50. The molecule has 0 aliphatic carbocycles. The molecule has 1 heterocycles. The third kappa shape index (κ3) is 3.80. The summed E-state index contributed by atoms with van der Waals surface area (Å²) in [6.45, 7) is 3.01. The van der Waals surface area contributed by atoms with E-state index in [1.165, 1.54) is 0 Å². The number of carbonyl (C=O) groups excluding carboxylic acids is 1. The summed E-state index contributed by atoms with van der Waals surface area (Å²) in [5, 5.41) is 3.65. The number of methoxy groups -OCH3 is 1. The summed E-state index contributed by atoms with van der Waals surface area (Å²) in [4.78, 5) is 11.6. The van der Waals surface area contributed by atoms with Crippen LogP contribution in [0.15, 0.2) is 42.5 Å². The fourth-order valence-electron chi connectivity index (χ4n) is 3.12. The number of ether oxygens (including phenoxy) is 2. The van der Waals surface area contributed by atoms with Gasteiger partial charge < -0.3 is 19.8 Å². The first-order valence-electron chi connectivity index (χ1n) is 8.65. The Labute approximate surface area is 162 Å². The number of rotatable bonds is 6. The van der Waals surface area contributed by atoms with Crippen molar-refractivity contribution in [2.24, 2.45) is 0 Å². The Kier molecular flexibility index (Phi) is 5.76. The van der Waals surface area contributed by atoms with Gasteiger partial charge in [-0.05, 0) is 31.2 Å². The van der Waals surface area contributed by atoms with Gasteiger partial charge in [0, 0.05) is 29.2 Å². The molecule has 0 bridgehead atoms. The Morgan fingerprint density at radius 2 is 1.96 bits per heavy atom. The van der Waals surface area contributed by atoms with Crippen molar-refractivity contribution in [3.8, 4) is 17.0 Å². The average molecular weight is 388 g/mol. The van der Waals surface area contributed by atoms with Crippen molar-refractivity contribution in [1.29, 1.82) is 0 Å². The molecule has 0 atom stereocenters. The first kappa shape index (κ1) is 18.9. The molecule has 3 aromatic rings. The van der Waals surface area contributed by atoms with Crippen LogP contribution in [-0.4, -0.2) is 30.3 Å². The molecule has 0 aliphatic heterocycles. The number of hydrogen-bond donors (Lipinski definition) is 2. The van der Waals surface area contributed by atoms with E-state index in [0.29, 0.717) is 5.69 Å². The second kappa shape index (κ2) is 8.22. The van der Waals surface area contributed by atoms with E-state index in [2.05, 4.69) is 16.8 Å². The molecular formula is C20H22ClN3O3. The highest BCUT2D eigenvalue weighted by Gasteiger charge is 2.16. The molecule has 3 rings (SSSR count). The lowest BCUT2D eigenvalue weighted by Crippen LogP contribution is -2.14. The number of nitrogens with zero attached hydrogens (tertiary/aromatic N) is 1. The Balaban J connectivity index is 1.95. The smallest absolute Gasteiger partial charge is 0.411 e. The monoisotopic (exact) mass is 387 g/mol. The van der Waals surface area contributed by atoms with Crippen molar-refractivity contribution in [2.45, 2.75) is 13.5 Å². The molecule has 0 saturated carbocycles. The van der Waals surface area contributed by atoms with Gasteiger partial charge in [0.1, 0.15) is 12.4 Å². The summed E-state index contributed by atoms with van der Waals surface area (Å²) < 4.78 is 12.4. The van der Waals surface area contributed by atoms with E-state index in [0.717, 1.165) is 40.1 Å². The minimum absolute atomic E-state index is 0.169. The molecule has 0 unspecified atom stereocenters. The van der Waals surface area contributed by atoms with Crippen LogP contribution < -0.4 is 15.8 Å². The zero-order valence-electron chi connectivity index (χ0n) is 15.3. The Hall–Kier alpha value is -2.86. The van der Waals surface area contributed by atoms with Crippen molar-refractivity contribution in [3.63, 3.8) is 0 Å². The minimum Gasteiger partial charge on any atom is -0.497 e. The van der Waals surface area contributed by atoms with Gasteiger partial charge in [0.25, 0.3) is 0 Å². The maximum atomic E-state index is 11.6. The van der Waals surface area contributed by atoms with E-state index >= 15 is 0 Å². The van der Waals surface area contributed by atoms with Crippen LogP contribution in [-0.2, 0) is 11.3 Å². The molecule has 3 N–H and O–H groups in total. The number of alkyl halides is 1.